The molecular formula is C11H12N2O2S. The Kier molecular flexibility index (Phi) is 3.20. The minimum absolute atomic E-state index is 0.00454. The number of carboxylic acids is 1. The molecule has 0 aliphatic carbocycles. The van der Waals surface area contributed by atoms with Crippen molar-refractivity contribution in [2.24, 2.45) is 0 Å². The number of rotatable bonds is 3. The van der Waals surface area contributed by atoms with E-state index in [1.807, 2.05) is 11.8 Å². The van der Waals surface area contributed by atoms with Crippen LogP contribution in [0.3, 0.4) is 0 Å². The zero-order valence-electron chi connectivity index (χ0n) is 8.77. The summed E-state index contributed by atoms with van der Waals surface area (Å²) in [7, 11) is 0. The second-order valence-corrected chi connectivity index (χ2v) is 4.71. The van der Waals surface area contributed by atoms with Gasteiger partial charge in [-0.3, -0.25) is 9.48 Å². The molecule has 0 saturated heterocycles. The first-order chi connectivity index (χ1) is 7.72. The van der Waals surface area contributed by atoms with Gasteiger partial charge in [0, 0.05) is 17.7 Å². The summed E-state index contributed by atoms with van der Waals surface area (Å²) in [5.41, 5.74) is 2.87. The van der Waals surface area contributed by atoms with Gasteiger partial charge in [-0.2, -0.15) is 16.9 Å². The van der Waals surface area contributed by atoms with Crippen LogP contribution in [0.5, 0.6) is 0 Å². The van der Waals surface area contributed by atoms with Crippen molar-refractivity contribution in [3.63, 3.8) is 0 Å². The Bertz CT molecular complexity index is 459. The van der Waals surface area contributed by atoms with Crippen molar-refractivity contribution in [2.75, 3.05) is 5.75 Å². The van der Waals surface area contributed by atoms with Crippen molar-refractivity contribution in [3.8, 4) is 12.3 Å². The number of nitrogens with zero attached hydrogens (tertiary/aromatic N) is 2. The van der Waals surface area contributed by atoms with Crippen LogP contribution in [0.2, 0.25) is 0 Å². The third-order valence-corrected chi connectivity index (χ3v) is 3.52. The zero-order valence-corrected chi connectivity index (χ0v) is 9.59. The van der Waals surface area contributed by atoms with Gasteiger partial charge in [0.05, 0.1) is 17.8 Å². The Hall–Kier alpha value is -1.41. The number of aromatic nitrogens is 2. The highest BCUT2D eigenvalue weighted by molar-refractivity contribution is 7.98. The summed E-state index contributed by atoms with van der Waals surface area (Å²) >= 11 is 1.81. The van der Waals surface area contributed by atoms with Gasteiger partial charge in [-0.25, -0.2) is 0 Å². The number of terminal acetylenes is 1. The van der Waals surface area contributed by atoms with Gasteiger partial charge in [0.15, 0.2) is 0 Å². The van der Waals surface area contributed by atoms with Crippen molar-refractivity contribution >= 4 is 17.7 Å². The fraction of sp³-hybridized carbons (Fsp3) is 0.455. The van der Waals surface area contributed by atoms with Crippen LogP contribution >= 0.6 is 11.8 Å². The molecule has 1 N–H and O–H groups in total. The molecule has 84 valence electrons. The smallest absolute Gasteiger partial charge is 0.309 e. The fourth-order valence-corrected chi connectivity index (χ4v) is 2.88. The summed E-state index contributed by atoms with van der Waals surface area (Å²) in [6.07, 6.45) is 6.17. The monoisotopic (exact) mass is 236 g/mol. The lowest BCUT2D eigenvalue weighted by atomic mass is 10.1. The van der Waals surface area contributed by atoms with Crippen LogP contribution in [0.15, 0.2) is 0 Å². The van der Waals surface area contributed by atoms with Gasteiger partial charge in [0.1, 0.15) is 6.54 Å². The number of carboxylic acid groups (broad SMARTS) is 1. The standard InChI is InChI=1S/C11H12N2O2S/c1-2-4-13-10(6-11(14)15)8-7-16-5-3-9(8)12-13/h1H,3-7H2,(H,14,15). The molecule has 0 spiro atoms. The lowest BCUT2D eigenvalue weighted by Crippen LogP contribution is -2.10. The molecule has 0 aromatic carbocycles. The van der Waals surface area contributed by atoms with Crippen LogP contribution in [-0.4, -0.2) is 26.6 Å². The summed E-state index contributed by atoms with van der Waals surface area (Å²) in [6.45, 7) is 0.347. The van der Waals surface area contributed by atoms with E-state index in [4.69, 9.17) is 11.5 Å². The first-order valence-electron chi connectivity index (χ1n) is 5.02. The van der Waals surface area contributed by atoms with Gasteiger partial charge in [0.25, 0.3) is 0 Å². The number of fused-ring (bicyclic) bond motifs is 1. The average molecular weight is 236 g/mol. The molecule has 16 heavy (non-hydrogen) atoms. The number of aliphatic carboxylic acids is 1. The Morgan fingerprint density at radius 2 is 2.50 bits per heavy atom. The highest BCUT2D eigenvalue weighted by Gasteiger charge is 2.21. The Balaban J connectivity index is 2.40. The SMILES string of the molecule is C#CCn1nc2c(c1CC(=O)O)CSCC2. The van der Waals surface area contributed by atoms with Crippen molar-refractivity contribution in [1.29, 1.82) is 0 Å². The molecule has 0 unspecified atom stereocenters. The van der Waals surface area contributed by atoms with Crippen LogP contribution in [0.4, 0.5) is 0 Å². The summed E-state index contributed by atoms with van der Waals surface area (Å²) in [4.78, 5) is 10.8. The molecular weight excluding hydrogens is 224 g/mol. The van der Waals surface area contributed by atoms with Crippen molar-refractivity contribution < 1.29 is 9.90 Å². The van der Waals surface area contributed by atoms with Gasteiger partial charge >= 0.3 is 5.97 Å². The average Bonchev–Trinajstić information content (AvgIpc) is 2.57. The van der Waals surface area contributed by atoms with E-state index in [0.717, 1.165) is 34.9 Å². The molecule has 5 heteroatoms. The predicted molar refractivity (Wildman–Crippen MR) is 62.3 cm³/mol. The molecule has 0 saturated carbocycles. The molecule has 4 nitrogen and oxygen atoms in total. The van der Waals surface area contributed by atoms with E-state index in [2.05, 4.69) is 11.0 Å². The molecule has 0 amide bonds. The largest absolute Gasteiger partial charge is 0.481 e. The quantitative estimate of drug-likeness (QED) is 0.793. The van der Waals surface area contributed by atoms with E-state index in [-0.39, 0.29) is 6.42 Å². The van der Waals surface area contributed by atoms with Crippen LogP contribution in [0, 0.1) is 12.3 Å². The number of thioether (sulfide) groups is 1. The number of carbonyl (C=O) groups is 1. The number of aryl methyl sites for hydroxylation is 1. The molecule has 0 fully saturated rings. The first kappa shape index (κ1) is 11.1. The van der Waals surface area contributed by atoms with E-state index in [1.54, 1.807) is 4.68 Å². The summed E-state index contributed by atoms with van der Waals surface area (Å²) in [5, 5.41) is 13.3. The highest BCUT2D eigenvalue weighted by Crippen LogP contribution is 2.27. The molecule has 0 radical (unpaired) electrons. The summed E-state index contributed by atoms with van der Waals surface area (Å²) < 4.78 is 1.66. The van der Waals surface area contributed by atoms with Crippen LogP contribution in [-0.2, 0) is 29.9 Å². The third-order valence-electron chi connectivity index (χ3n) is 2.54. The van der Waals surface area contributed by atoms with E-state index in [1.165, 1.54) is 0 Å². The predicted octanol–water partition coefficient (Wildman–Crippen LogP) is 0.933. The van der Waals surface area contributed by atoms with E-state index < -0.39 is 5.97 Å². The second-order valence-electron chi connectivity index (χ2n) is 3.61. The lowest BCUT2D eigenvalue weighted by molar-refractivity contribution is -0.136. The summed E-state index contributed by atoms with van der Waals surface area (Å²) in [5.74, 6) is 3.57. The van der Waals surface area contributed by atoms with E-state index >= 15 is 0 Å². The Labute approximate surface area is 98.0 Å². The van der Waals surface area contributed by atoms with Crippen molar-refractivity contribution in [2.45, 2.75) is 25.1 Å². The molecule has 1 aliphatic rings. The van der Waals surface area contributed by atoms with Gasteiger partial charge in [-0.05, 0) is 5.75 Å². The number of hydrogen-bond donors (Lipinski definition) is 1. The molecule has 2 rings (SSSR count). The van der Waals surface area contributed by atoms with E-state index in [0.29, 0.717) is 6.54 Å². The molecule has 2 heterocycles. The van der Waals surface area contributed by atoms with Crippen molar-refractivity contribution in [1.82, 2.24) is 9.78 Å². The normalized spacial score (nSPS) is 14.2. The maximum Gasteiger partial charge on any atom is 0.309 e. The molecule has 1 aromatic rings. The molecule has 1 aliphatic heterocycles. The van der Waals surface area contributed by atoms with Crippen LogP contribution in [0.1, 0.15) is 17.0 Å². The maximum atomic E-state index is 10.8. The van der Waals surface area contributed by atoms with Crippen LogP contribution in [0.25, 0.3) is 0 Å². The van der Waals surface area contributed by atoms with Gasteiger partial charge in [-0.15, -0.1) is 6.42 Å². The number of hydrogen-bond acceptors (Lipinski definition) is 3. The zero-order chi connectivity index (χ0) is 11.5. The Morgan fingerprint density at radius 1 is 1.69 bits per heavy atom. The fourth-order valence-electron chi connectivity index (χ4n) is 1.86. The van der Waals surface area contributed by atoms with Gasteiger partial charge in [-0.1, -0.05) is 5.92 Å². The van der Waals surface area contributed by atoms with Crippen LogP contribution < -0.4 is 0 Å². The first-order valence-corrected chi connectivity index (χ1v) is 6.18. The Morgan fingerprint density at radius 3 is 3.19 bits per heavy atom. The molecule has 0 bridgehead atoms. The lowest BCUT2D eigenvalue weighted by Gasteiger charge is -2.10. The minimum atomic E-state index is -0.837. The third kappa shape index (κ3) is 2.07. The maximum absolute atomic E-state index is 10.8. The highest BCUT2D eigenvalue weighted by atomic mass is 32.2. The second kappa shape index (κ2) is 4.62. The van der Waals surface area contributed by atoms with Gasteiger partial charge in [0.2, 0.25) is 0 Å². The summed E-state index contributed by atoms with van der Waals surface area (Å²) in [6, 6.07) is 0. The van der Waals surface area contributed by atoms with E-state index in [9.17, 15) is 4.79 Å². The van der Waals surface area contributed by atoms with Gasteiger partial charge < -0.3 is 5.11 Å². The minimum Gasteiger partial charge on any atom is -0.481 e. The molecule has 1 aromatic heterocycles. The molecule has 0 atom stereocenters. The topological polar surface area (TPSA) is 55.1 Å². The van der Waals surface area contributed by atoms with Crippen molar-refractivity contribution in [3.05, 3.63) is 17.0 Å².